The lowest BCUT2D eigenvalue weighted by Gasteiger charge is -2.15. The van der Waals surface area contributed by atoms with Crippen LogP contribution < -0.4 is 16.2 Å². The Morgan fingerprint density at radius 1 is 1.08 bits per heavy atom. The number of phenols is 1. The first-order chi connectivity index (χ1) is 11.9. The monoisotopic (exact) mass is 339 g/mol. The van der Waals surface area contributed by atoms with Crippen LogP contribution in [0.15, 0.2) is 30.3 Å². The fourth-order valence-corrected chi connectivity index (χ4v) is 3.13. The number of amides is 1. The van der Waals surface area contributed by atoms with Crippen LogP contribution in [0.4, 0.5) is 5.69 Å². The van der Waals surface area contributed by atoms with Gasteiger partial charge >= 0.3 is 0 Å². The van der Waals surface area contributed by atoms with E-state index in [4.69, 9.17) is 0 Å². The van der Waals surface area contributed by atoms with Crippen molar-refractivity contribution in [1.29, 1.82) is 0 Å². The van der Waals surface area contributed by atoms with Crippen molar-refractivity contribution >= 4 is 11.6 Å². The van der Waals surface area contributed by atoms with E-state index in [1.54, 1.807) is 0 Å². The minimum Gasteiger partial charge on any atom is -0.507 e. The molecule has 1 saturated heterocycles. The summed E-state index contributed by atoms with van der Waals surface area (Å²) in [5, 5.41) is 13.4. The van der Waals surface area contributed by atoms with Crippen LogP contribution >= 0.6 is 0 Å². The maximum Gasteiger partial charge on any atom is 0.242 e. The predicted octanol–water partition coefficient (Wildman–Crippen LogP) is 3.17. The summed E-state index contributed by atoms with van der Waals surface area (Å²) in [6.45, 7) is 7.86. The Balaban J connectivity index is 1.71. The number of hydrogen-bond donors (Lipinski definition) is 4. The fraction of sp³-hybridized carbons (Fsp3) is 0.350. The summed E-state index contributed by atoms with van der Waals surface area (Å²) >= 11 is 0. The minimum atomic E-state index is -0.356. The molecule has 0 aromatic heterocycles. The van der Waals surface area contributed by atoms with E-state index in [-0.39, 0.29) is 18.0 Å². The van der Waals surface area contributed by atoms with E-state index >= 15 is 0 Å². The molecule has 5 heteroatoms. The second kappa shape index (κ2) is 6.86. The number of hydrazine groups is 1. The first-order valence-corrected chi connectivity index (χ1v) is 8.55. The molecular weight excluding hydrogens is 314 g/mol. The van der Waals surface area contributed by atoms with Gasteiger partial charge in [-0.05, 0) is 62.4 Å². The highest BCUT2D eigenvalue weighted by molar-refractivity contribution is 5.95. The topological polar surface area (TPSA) is 73.4 Å². The Bertz CT molecular complexity index is 817. The molecular formula is C20H25N3O2. The largest absolute Gasteiger partial charge is 0.507 e. The molecule has 0 spiro atoms. The molecule has 2 unspecified atom stereocenters. The lowest BCUT2D eigenvalue weighted by Crippen LogP contribution is -2.39. The van der Waals surface area contributed by atoms with Crippen LogP contribution in [0.1, 0.15) is 40.3 Å². The van der Waals surface area contributed by atoms with Gasteiger partial charge < -0.3 is 10.4 Å². The number of benzene rings is 2. The van der Waals surface area contributed by atoms with Crippen LogP contribution in [-0.4, -0.2) is 17.1 Å². The van der Waals surface area contributed by atoms with Crippen molar-refractivity contribution in [2.75, 3.05) is 5.32 Å². The zero-order chi connectivity index (χ0) is 18.1. The molecule has 5 nitrogen and oxygen atoms in total. The molecule has 2 aromatic rings. The van der Waals surface area contributed by atoms with Crippen molar-refractivity contribution in [3.8, 4) is 5.75 Å². The van der Waals surface area contributed by atoms with E-state index in [2.05, 4.69) is 16.2 Å². The van der Waals surface area contributed by atoms with Crippen molar-refractivity contribution in [1.82, 2.24) is 10.9 Å². The number of phenolic OH excluding ortho intramolecular Hbond substituents is 1. The van der Waals surface area contributed by atoms with Gasteiger partial charge in [0, 0.05) is 11.3 Å². The lowest BCUT2D eigenvalue weighted by molar-refractivity contribution is -0.117. The van der Waals surface area contributed by atoms with Gasteiger partial charge in [0.1, 0.15) is 11.8 Å². The Hall–Kier alpha value is -2.37. The summed E-state index contributed by atoms with van der Waals surface area (Å²) in [6, 6.07) is 9.46. The van der Waals surface area contributed by atoms with Gasteiger partial charge in [-0.25, -0.2) is 10.9 Å². The average molecular weight is 339 g/mol. The Labute approximate surface area is 148 Å². The normalized spacial score (nSPS) is 19.8. The number of carbonyl (C=O) groups excluding carboxylic acids is 1. The molecule has 3 rings (SSSR count). The third-order valence-electron chi connectivity index (χ3n) is 4.98. The summed E-state index contributed by atoms with van der Waals surface area (Å²) in [6.07, 6.45) is 0.576. The first kappa shape index (κ1) is 17.5. The van der Waals surface area contributed by atoms with Crippen molar-refractivity contribution in [3.63, 3.8) is 0 Å². The molecule has 25 heavy (non-hydrogen) atoms. The van der Waals surface area contributed by atoms with Crippen molar-refractivity contribution in [2.24, 2.45) is 0 Å². The lowest BCUT2D eigenvalue weighted by atomic mass is 9.96. The molecule has 0 bridgehead atoms. The van der Waals surface area contributed by atoms with Crippen LogP contribution in [0.5, 0.6) is 5.75 Å². The highest BCUT2D eigenvalue weighted by Crippen LogP contribution is 2.33. The molecule has 1 amide bonds. The Kier molecular flexibility index (Phi) is 4.79. The predicted molar refractivity (Wildman–Crippen MR) is 99.5 cm³/mol. The second-order valence-corrected chi connectivity index (χ2v) is 6.88. The summed E-state index contributed by atoms with van der Waals surface area (Å²) in [5.41, 5.74) is 11.9. The molecule has 1 aliphatic rings. The van der Waals surface area contributed by atoms with E-state index in [0.29, 0.717) is 12.2 Å². The third-order valence-corrected chi connectivity index (χ3v) is 4.98. The van der Waals surface area contributed by atoms with Gasteiger partial charge in [0.2, 0.25) is 5.91 Å². The molecule has 2 aromatic carbocycles. The van der Waals surface area contributed by atoms with Crippen LogP contribution in [0.3, 0.4) is 0 Å². The molecule has 1 aliphatic heterocycles. The zero-order valence-electron chi connectivity index (χ0n) is 15.1. The fourth-order valence-electron chi connectivity index (χ4n) is 3.13. The van der Waals surface area contributed by atoms with E-state index in [9.17, 15) is 9.90 Å². The zero-order valence-corrected chi connectivity index (χ0v) is 15.1. The Morgan fingerprint density at radius 3 is 2.56 bits per heavy atom. The third kappa shape index (κ3) is 3.52. The van der Waals surface area contributed by atoms with Crippen LogP contribution in [0.25, 0.3) is 0 Å². The number of nitrogens with one attached hydrogen (secondary N) is 3. The van der Waals surface area contributed by atoms with Crippen molar-refractivity contribution < 1.29 is 9.90 Å². The first-order valence-electron chi connectivity index (χ1n) is 8.55. The maximum absolute atomic E-state index is 12.6. The summed E-state index contributed by atoms with van der Waals surface area (Å²) < 4.78 is 0. The second-order valence-electron chi connectivity index (χ2n) is 6.88. The van der Waals surface area contributed by atoms with Crippen molar-refractivity contribution in [2.45, 2.75) is 46.2 Å². The van der Waals surface area contributed by atoms with E-state index in [1.807, 2.05) is 58.0 Å². The van der Waals surface area contributed by atoms with Crippen molar-refractivity contribution in [3.05, 3.63) is 58.1 Å². The number of aromatic hydroxyl groups is 1. The molecule has 0 radical (unpaired) electrons. The molecule has 1 fully saturated rings. The van der Waals surface area contributed by atoms with Gasteiger partial charge in [-0.3, -0.25) is 4.79 Å². The van der Waals surface area contributed by atoms with E-state index < -0.39 is 0 Å². The van der Waals surface area contributed by atoms with Gasteiger partial charge in [0.05, 0.1) is 6.04 Å². The number of rotatable bonds is 3. The summed E-state index contributed by atoms with van der Waals surface area (Å²) in [5.74, 6) is 0.224. The van der Waals surface area contributed by atoms with Gasteiger partial charge in [-0.1, -0.05) is 24.3 Å². The molecule has 0 saturated carbocycles. The summed E-state index contributed by atoms with van der Waals surface area (Å²) in [7, 11) is 0. The molecule has 132 valence electrons. The smallest absolute Gasteiger partial charge is 0.242 e. The van der Waals surface area contributed by atoms with Gasteiger partial charge in [-0.2, -0.15) is 0 Å². The van der Waals surface area contributed by atoms with Gasteiger partial charge in [-0.15, -0.1) is 0 Å². The SMILES string of the molecule is Cc1ccc(C)c(NC(=O)C2CC(c3ccc(C)c(C)c3O)NN2)c1. The molecule has 4 N–H and O–H groups in total. The molecule has 1 heterocycles. The minimum absolute atomic E-state index is 0.0768. The van der Waals surface area contributed by atoms with Gasteiger partial charge in [0.15, 0.2) is 0 Å². The van der Waals surface area contributed by atoms with E-state index in [1.165, 1.54) is 0 Å². The Morgan fingerprint density at radius 2 is 1.80 bits per heavy atom. The quantitative estimate of drug-likeness (QED) is 0.693. The van der Waals surface area contributed by atoms with E-state index in [0.717, 1.165) is 33.5 Å². The number of carbonyl (C=O) groups is 1. The van der Waals surface area contributed by atoms with Crippen LogP contribution in [0.2, 0.25) is 0 Å². The summed E-state index contributed by atoms with van der Waals surface area (Å²) in [4.78, 5) is 12.6. The van der Waals surface area contributed by atoms with Gasteiger partial charge in [0.25, 0.3) is 0 Å². The number of anilines is 1. The molecule has 2 atom stereocenters. The average Bonchev–Trinajstić information content (AvgIpc) is 3.06. The highest BCUT2D eigenvalue weighted by Gasteiger charge is 2.32. The number of aryl methyl sites for hydroxylation is 3. The molecule has 0 aliphatic carbocycles. The highest BCUT2D eigenvalue weighted by atomic mass is 16.3. The maximum atomic E-state index is 12.6. The van der Waals surface area contributed by atoms with Crippen LogP contribution in [0, 0.1) is 27.7 Å². The standard InChI is InChI=1S/C20H25N3O2/c1-11-5-6-13(3)16(9-11)21-20(25)18-10-17(22-23-18)15-8-7-12(2)14(4)19(15)24/h5-9,17-18,22-24H,10H2,1-4H3,(H,21,25). The number of hydrogen-bond acceptors (Lipinski definition) is 4. The van der Waals surface area contributed by atoms with Crippen LogP contribution in [-0.2, 0) is 4.79 Å².